The molecule has 2 aromatic rings. The Hall–Kier alpha value is -1.16. The molecule has 1 N–H and O–H groups in total. The molecule has 0 aliphatic heterocycles. The molecule has 0 aromatic heterocycles. The quantitative estimate of drug-likeness (QED) is 0.833. The van der Waals surface area contributed by atoms with E-state index in [-0.39, 0.29) is 0 Å². The first-order valence-corrected chi connectivity index (χ1v) is 8.07. The van der Waals surface area contributed by atoms with Crippen LogP contribution in [0.1, 0.15) is 30.1 Å². The summed E-state index contributed by atoms with van der Waals surface area (Å²) in [5.74, 6) is 0. The second-order valence-electron chi connectivity index (χ2n) is 5.58. The number of hydrogen-bond donors (Lipinski definition) is 1. The lowest BCUT2D eigenvalue weighted by molar-refractivity contribution is 0.281. The van der Waals surface area contributed by atoms with Crippen molar-refractivity contribution in [3.63, 3.8) is 0 Å². The zero-order valence-corrected chi connectivity index (χ0v) is 14.5. The van der Waals surface area contributed by atoms with Gasteiger partial charge in [-0.2, -0.15) is 0 Å². The molecule has 0 aliphatic rings. The molecule has 0 bridgehead atoms. The number of nitrogens with one attached hydrogen (secondary N) is 1. The monoisotopic (exact) mass is 346 g/mol. The van der Waals surface area contributed by atoms with E-state index < -0.39 is 0 Å². The summed E-state index contributed by atoms with van der Waals surface area (Å²) in [7, 11) is 4.26. The predicted molar refractivity (Wildman–Crippen MR) is 93.4 cm³/mol. The molecular weight excluding hydrogens is 324 g/mol. The van der Waals surface area contributed by atoms with Crippen LogP contribution >= 0.6 is 15.9 Å². The van der Waals surface area contributed by atoms with E-state index in [2.05, 4.69) is 102 Å². The standard InChI is InChI=1S/C18H23BrN2/c1-14(16-10-7-11-17(19)12-16)20-13-18(21(2)3)15-8-5-4-6-9-15/h4-12,14,18,20H,13H2,1-3H3. The Balaban J connectivity index is 2.02. The summed E-state index contributed by atoms with van der Waals surface area (Å²) >= 11 is 3.53. The van der Waals surface area contributed by atoms with Crippen molar-refractivity contribution in [1.82, 2.24) is 10.2 Å². The van der Waals surface area contributed by atoms with Crippen molar-refractivity contribution in [2.75, 3.05) is 20.6 Å². The van der Waals surface area contributed by atoms with Crippen LogP contribution in [0.4, 0.5) is 0 Å². The van der Waals surface area contributed by atoms with Crippen molar-refractivity contribution in [3.8, 4) is 0 Å². The second kappa shape index (κ2) is 7.74. The van der Waals surface area contributed by atoms with E-state index in [1.165, 1.54) is 11.1 Å². The summed E-state index contributed by atoms with van der Waals surface area (Å²) in [4.78, 5) is 2.26. The molecule has 0 fully saturated rings. The van der Waals surface area contributed by atoms with Gasteiger partial charge >= 0.3 is 0 Å². The van der Waals surface area contributed by atoms with Crippen molar-refractivity contribution >= 4 is 15.9 Å². The molecule has 0 saturated heterocycles. The van der Waals surface area contributed by atoms with Gasteiger partial charge in [-0.3, -0.25) is 0 Å². The molecule has 112 valence electrons. The lowest BCUT2D eigenvalue weighted by Crippen LogP contribution is -2.32. The zero-order valence-electron chi connectivity index (χ0n) is 12.9. The van der Waals surface area contributed by atoms with Crippen molar-refractivity contribution in [2.45, 2.75) is 19.0 Å². The minimum absolute atomic E-state index is 0.327. The van der Waals surface area contributed by atoms with Gasteiger partial charge < -0.3 is 10.2 Å². The van der Waals surface area contributed by atoms with Crippen molar-refractivity contribution < 1.29 is 0 Å². The highest BCUT2D eigenvalue weighted by Gasteiger charge is 2.15. The number of likely N-dealkylation sites (N-methyl/N-ethyl adjacent to an activating group) is 1. The van der Waals surface area contributed by atoms with Gasteiger partial charge in [0.25, 0.3) is 0 Å². The van der Waals surface area contributed by atoms with Crippen LogP contribution in [-0.2, 0) is 0 Å². The lowest BCUT2D eigenvalue weighted by atomic mass is 10.0. The van der Waals surface area contributed by atoms with Crippen molar-refractivity contribution in [2.24, 2.45) is 0 Å². The van der Waals surface area contributed by atoms with E-state index in [1.54, 1.807) is 0 Å². The number of hydrogen-bond acceptors (Lipinski definition) is 2. The van der Waals surface area contributed by atoms with Crippen LogP contribution < -0.4 is 5.32 Å². The highest BCUT2D eigenvalue weighted by molar-refractivity contribution is 9.10. The first-order valence-electron chi connectivity index (χ1n) is 7.28. The first kappa shape index (κ1) is 16.2. The minimum atomic E-state index is 0.327. The maximum atomic E-state index is 3.64. The van der Waals surface area contributed by atoms with Gasteiger partial charge in [0.2, 0.25) is 0 Å². The molecule has 3 heteroatoms. The smallest absolute Gasteiger partial charge is 0.0467 e. The summed E-state index contributed by atoms with van der Waals surface area (Å²) in [5, 5.41) is 3.64. The van der Waals surface area contributed by atoms with Crippen LogP contribution in [0.5, 0.6) is 0 Å². The summed E-state index contributed by atoms with van der Waals surface area (Å²) < 4.78 is 1.13. The average molecular weight is 347 g/mol. The minimum Gasteiger partial charge on any atom is -0.308 e. The third kappa shape index (κ3) is 4.67. The Kier molecular flexibility index (Phi) is 5.97. The largest absolute Gasteiger partial charge is 0.308 e. The Morgan fingerprint density at radius 3 is 2.29 bits per heavy atom. The van der Waals surface area contributed by atoms with Gasteiger partial charge in [0.05, 0.1) is 0 Å². The number of nitrogens with zero attached hydrogens (tertiary/aromatic N) is 1. The lowest BCUT2D eigenvalue weighted by Gasteiger charge is -2.27. The number of rotatable bonds is 6. The van der Waals surface area contributed by atoms with E-state index in [1.807, 2.05) is 0 Å². The van der Waals surface area contributed by atoms with Crippen LogP contribution in [0.25, 0.3) is 0 Å². The average Bonchev–Trinajstić information content (AvgIpc) is 2.48. The molecule has 2 unspecified atom stereocenters. The van der Waals surface area contributed by atoms with Crippen LogP contribution in [-0.4, -0.2) is 25.5 Å². The van der Waals surface area contributed by atoms with Gasteiger partial charge in [-0.1, -0.05) is 58.4 Å². The molecule has 0 heterocycles. The van der Waals surface area contributed by atoms with Crippen LogP contribution in [0.15, 0.2) is 59.1 Å². The van der Waals surface area contributed by atoms with E-state index in [0.29, 0.717) is 12.1 Å². The summed E-state index contributed by atoms with van der Waals surface area (Å²) in [6.45, 7) is 3.13. The fraction of sp³-hybridized carbons (Fsp3) is 0.333. The predicted octanol–water partition coefficient (Wildman–Crippen LogP) is 4.40. The first-order chi connectivity index (χ1) is 10.1. The third-order valence-corrected chi connectivity index (χ3v) is 4.27. The SMILES string of the molecule is CC(NCC(c1ccccc1)N(C)C)c1cccc(Br)c1. The molecule has 2 rings (SSSR count). The Morgan fingerprint density at radius 2 is 1.67 bits per heavy atom. The van der Waals surface area contributed by atoms with Crippen LogP contribution in [0.3, 0.4) is 0 Å². The van der Waals surface area contributed by atoms with Gasteiger partial charge in [-0.15, -0.1) is 0 Å². The van der Waals surface area contributed by atoms with E-state index >= 15 is 0 Å². The molecular formula is C18H23BrN2. The highest BCUT2D eigenvalue weighted by atomic mass is 79.9. The fourth-order valence-corrected chi connectivity index (χ4v) is 2.87. The molecule has 21 heavy (non-hydrogen) atoms. The molecule has 0 radical (unpaired) electrons. The van der Waals surface area contributed by atoms with E-state index in [0.717, 1.165) is 11.0 Å². The number of benzene rings is 2. The van der Waals surface area contributed by atoms with Gasteiger partial charge in [-0.25, -0.2) is 0 Å². The van der Waals surface area contributed by atoms with E-state index in [9.17, 15) is 0 Å². The van der Waals surface area contributed by atoms with Gasteiger partial charge in [0.1, 0.15) is 0 Å². The molecule has 2 nitrogen and oxygen atoms in total. The fourth-order valence-electron chi connectivity index (χ4n) is 2.46. The maximum Gasteiger partial charge on any atom is 0.0467 e. The van der Waals surface area contributed by atoms with Crippen LogP contribution in [0.2, 0.25) is 0 Å². The zero-order chi connectivity index (χ0) is 15.2. The Morgan fingerprint density at radius 1 is 1.00 bits per heavy atom. The molecule has 0 spiro atoms. The Bertz CT molecular complexity index is 554. The molecule has 0 amide bonds. The van der Waals surface area contributed by atoms with Crippen molar-refractivity contribution in [1.29, 1.82) is 0 Å². The third-order valence-electron chi connectivity index (χ3n) is 3.77. The van der Waals surface area contributed by atoms with E-state index in [4.69, 9.17) is 0 Å². The normalized spacial score (nSPS) is 14.1. The Labute approximate surface area is 136 Å². The van der Waals surface area contributed by atoms with Crippen molar-refractivity contribution in [3.05, 3.63) is 70.2 Å². The molecule has 2 aromatic carbocycles. The van der Waals surface area contributed by atoms with Gasteiger partial charge in [-0.05, 0) is 44.3 Å². The van der Waals surface area contributed by atoms with Gasteiger partial charge in [0.15, 0.2) is 0 Å². The van der Waals surface area contributed by atoms with Gasteiger partial charge in [0, 0.05) is 23.1 Å². The number of halogens is 1. The molecule has 0 saturated carbocycles. The second-order valence-corrected chi connectivity index (χ2v) is 6.49. The topological polar surface area (TPSA) is 15.3 Å². The van der Waals surface area contributed by atoms with Crippen LogP contribution in [0, 0.1) is 0 Å². The maximum absolute atomic E-state index is 3.64. The summed E-state index contributed by atoms with van der Waals surface area (Å²) in [6.07, 6.45) is 0. The molecule has 0 aliphatic carbocycles. The summed E-state index contributed by atoms with van der Waals surface area (Å²) in [5.41, 5.74) is 2.64. The highest BCUT2D eigenvalue weighted by Crippen LogP contribution is 2.21. The molecule has 2 atom stereocenters. The summed E-state index contributed by atoms with van der Waals surface area (Å²) in [6, 6.07) is 19.8.